The van der Waals surface area contributed by atoms with Crippen LogP contribution in [0.1, 0.15) is 13.8 Å². The Kier molecular flexibility index (Phi) is 8.02. The van der Waals surface area contributed by atoms with E-state index in [9.17, 15) is 14.7 Å². The van der Waals surface area contributed by atoms with Gasteiger partial charge >= 0.3 is 0 Å². The summed E-state index contributed by atoms with van der Waals surface area (Å²) in [5.41, 5.74) is 0.676. The van der Waals surface area contributed by atoms with Crippen LogP contribution in [0.15, 0.2) is 28.7 Å². The van der Waals surface area contributed by atoms with Gasteiger partial charge in [-0.3, -0.25) is 19.4 Å². The maximum Gasteiger partial charge on any atom is 0.243 e. The van der Waals surface area contributed by atoms with Gasteiger partial charge in [-0.2, -0.15) is 0 Å². The summed E-state index contributed by atoms with van der Waals surface area (Å²) >= 11 is 3.37. The average Bonchev–Trinajstić information content (AvgIpc) is 2.57. The number of rotatable bonds is 7. The van der Waals surface area contributed by atoms with E-state index in [1.807, 2.05) is 18.2 Å². The molecule has 0 aromatic heterocycles. The van der Waals surface area contributed by atoms with Crippen molar-refractivity contribution < 1.29 is 14.7 Å². The Morgan fingerprint density at radius 1 is 1.31 bits per heavy atom. The molecule has 1 aliphatic rings. The fourth-order valence-electron chi connectivity index (χ4n) is 3.02. The minimum atomic E-state index is -0.347. The van der Waals surface area contributed by atoms with E-state index in [0.29, 0.717) is 12.2 Å². The summed E-state index contributed by atoms with van der Waals surface area (Å²) in [5.74, 6) is -0.428. The second-order valence-corrected chi connectivity index (χ2v) is 7.59. The summed E-state index contributed by atoms with van der Waals surface area (Å²) in [6, 6.07) is 7.55. The molecule has 7 nitrogen and oxygen atoms in total. The third kappa shape index (κ3) is 6.68. The van der Waals surface area contributed by atoms with E-state index < -0.39 is 0 Å². The molecule has 1 aromatic carbocycles. The maximum atomic E-state index is 12.1. The van der Waals surface area contributed by atoms with Crippen molar-refractivity contribution in [2.75, 3.05) is 44.6 Å². The highest BCUT2D eigenvalue weighted by Crippen LogP contribution is 2.20. The van der Waals surface area contributed by atoms with Crippen molar-refractivity contribution in [1.82, 2.24) is 15.1 Å². The standard InChI is InChI=1S/C18H27BrN4O3/c1-13-10-22(11-14(2)24)7-8-23(13)12-18(26)20-9-17(25)21-16-6-4-3-5-15(16)19/h3-6,13-14,24H,7-12H2,1-2H3,(H,20,26)(H,21,25)/t13-,14-/m0/s1. The van der Waals surface area contributed by atoms with Gasteiger partial charge in [0.1, 0.15) is 0 Å². The van der Waals surface area contributed by atoms with Crippen molar-refractivity contribution in [1.29, 1.82) is 0 Å². The molecule has 8 heteroatoms. The van der Waals surface area contributed by atoms with Gasteiger partial charge in [-0.1, -0.05) is 12.1 Å². The smallest absolute Gasteiger partial charge is 0.243 e. The number of halogens is 1. The van der Waals surface area contributed by atoms with E-state index >= 15 is 0 Å². The van der Waals surface area contributed by atoms with Crippen molar-refractivity contribution in [3.05, 3.63) is 28.7 Å². The number of carbonyl (C=O) groups is 2. The molecule has 1 fully saturated rings. The largest absolute Gasteiger partial charge is 0.392 e. The highest BCUT2D eigenvalue weighted by atomic mass is 79.9. The molecule has 3 N–H and O–H groups in total. The van der Waals surface area contributed by atoms with Crippen molar-refractivity contribution in [2.45, 2.75) is 26.0 Å². The van der Waals surface area contributed by atoms with Crippen LogP contribution >= 0.6 is 15.9 Å². The number of β-amino-alcohol motifs (C(OH)–C–C–N with tert-alkyl or cyclic N) is 1. The Hall–Kier alpha value is -1.48. The lowest BCUT2D eigenvalue weighted by molar-refractivity contribution is -0.126. The molecule has 1 heterocycles. The number of benzene rings is 1. The second kappa shape index (κ2) is 10.0. The van der Waals surface area contributed by atoms with Crippen LogP contribution in [-0.4, -0.2) is 78.1 Å². The molecule has 1 aliphatic heterocycles. The van der Waals surface area contributed by atoms with Gasteiger partial charge in [0.15, 0.2) is 0 Å². The van der Waals surface area contributed by atoms with Gasteiger partial charge in [0.05, 0.1) is 24.9 Å². The molecule has 0 unspecified atom stereocenters. The summed E-state index contributed by atoms with van der Waals surface area (Å²) in [4.78, 5) is 28.4. The molecule has 0 saturated carbocycles. The number of anilines is 1. The van der Waals surface area contributed by atoms with E-state index in [1.165, 1.54) is 0 Å². The normalized spacial score (nSPS) is 19.8. The minimum Gasteiger partial charge on any atom is -0.392 e. The lowest BCUT2D eigenvalue weighted by Crippen LogP contribution is -2.55. The quantitative estimate of drug-likeness (QED) is 0.602. The summed E-state index contributed by atoms with van der Waals surface area (Å²) in [7, 11) is 0. The van der Waals surface area contributed by atoms with Crippen LogP contribution in [0.5, 0.6) is 0 Å². The molecular formula is C18H27BrN4O3. The van der Waals surface area contributed by atoms with Crippen molar-refractivity contribution >= 4 is 33.4 Å². The third-order valence-corrected chi connectivity index (χ3v) is 5.00. The van der Waals surface area contributed by atoms with Crippen LogP contribution in [0.2, 0.25) is 0 Å². The van der Waals surface area contributed by atoms with Crippen LogP contribution in [0.25, 0.3) is 0 Å². The van der Waals surface area contributed by atoms with E-state index in [1.54, 1.807) is 13.0 Å². The molecule has 0 spiro atoms. The molecule has 1 saturated heterocycles. The first-order valence-corrected chi connectivity index (χ1v) is 9.60. The van der Waals surface area contributed by atoms with Gasteiger partial charge < -0.3 is 15.7 Å². The fraction of sp³-hybridized carbons (Fsp3) is 0.556. The lowest BCUT2D eigenvalue weighted by Gasteiger charge is -2.39. The molecule has 2 atom stereocenters. The Labute approximate surface area is 162 Å². The van der Waals surface area contributed by atoms with Crippen molar-refractivity contribution in [2.24, 2.45) is 0 Å². The zero-order valence-corrected chi connectivity index (χ0v) is 16.8. The maximum absolute atomic E-state index is 12.1. The zero-order chi connectivity index (χ0) is 19.1. The molecule has 2 amide bonds. The van der Waals surface area contributed by atoms with E-state index in [4.69, 9.17) is 0 Å². The number of hydrogen-bond donors (Lipinski definition) is 3. The molecule has 0 radical (unpaired) electrons. The van der Waals surface area contributed by atoms with Gasteiger partial charge in [-0.25, -0.2) is 0 Å². The monoisotopic (exact) mass is 426 g/mol. The van der Waals surface area contributed by atoms with Crippen LogP contribution < -0.4 is 10.6 Å². The third-order valence-electron chi connectivity index (χ3n) is 4.31. The number of amides is 2. The van der Waals surface area contributed by atoms with Gasteiger partial charge in [0, 0.05) is 36.7 Å². The Balaban J connectivity index is 1.72. The van der Waals surface area contributed by atoms with Crippen LogP contribution in [0.3, 0.4) is 0 Å². The lowest BCUT2D eigenvalue weighted by atomic mass is 10.1. The number of piperazine rings is 1. The van der Waals surface area contributed by atoms with Crippen LogP contribution in [0.4, 0.5) is 5.69 Å². The van der Waals surface area contributed by atoms with E-state index in [-0.39, 0.29) is 37.0 Å². The van der Waals surface area contributed by atoms with Crippen molar-refractivity contribution in [3.63, 3.8) is 0 Å². The summed E-state index contributed by atoms with van der Waals surface area (Å²) < 4.78 is 0.795. The number of aliphatic hydroxyl groups excluding tert-OH is 1. The number of nitrogens with zero attached hydrogens (tertiary/aromatic N) is 2. The average molecular weight is 427 g/mol. The van der Waals surface area contributed by atoms with Gasteiger partial charge in [0.2, 0.25) is 11.8 Å². The van der Waals surface area contributed by atoms with Crippen molar-refractivity contribution in [3.8, 4) is 0 Å². The zero-order valence-electron chi connectivity index (χ0n) is 15.2. The molecule has 144 valence electrons. The highest BCUT2D eigenvalue weighted by molar-refractivity contribution is 9.10. The molecule has 0 aliphatic carbocycles. The molecule has 0 bridgehead atoms. The van der Waals surface area contributed by atoms with E-state index in [0.717, 1.165) is 24.1 Å². The number of para-hydroxylation sites is 1. The molecule has 1 aromatic rings. The number of hydrogen-bond acceptors (Lipinski definition) is 5. The second-order valence-electron chi connectivity index (χ2n) is 6.73. The summed E-state index contributed by atoms with van der Waals surface area (Å²) in [6.07, 6.45) is -0.347. The highest BCUT2D eigenvalue weighted by Gasteiger charge is 2.25. The predicted molar refractivity (Wildman–Crippen MR) is 105 cm³/mol. The Morgan fingerprint density at radius 2 is 2.04 bits per heavy atom. The fourth-order valence-corrected chi connectivity index (χ4v) is 3.41. The first kappa shape index (κ1) is 20.8. The number of carbonyl (C=O) groups excluding carboxylic acids is 2. The van der Waals surface area contributed by atoms with E-state index in [2.05, 4.69) is 43.3 Å². The molecule has 26 heavy (non-hydrogen) atoms. The number of nitrogens with one attached hydrogen (secondary N) is 2. The topological polar surface area (TPSA) is 84.9 Å². The first-order chi connectivity index (χ1) is 12.3. The van der Waals surface area contributed by atoms with Crippen LogP contribution in [0, 0.1) is 0 Å². The summed E-state index contributed by atoms with van der Waals surface area (Å²) in [6.45, 7) is 7.13. The minimum absolute atomic E-state index is 0.0590. The van der Waals surface area contributed by atoms with Gasteiger partial charge in [0.25, 0.3) is 0 Å². The Bertz CT molecular complexity index is 626. The Morgan fingerprint density at radius 3 is 2.69 bits per heavy atom. The molecule has 2 rings (SSSR count). The number of aliphatic hydroxyl groups is 1. The SMILES string of the molecule is C[C@H](O)CN1CCN(CC(=O)NCC(=O)Nc2ccccc2Br)[C@@H](C)C1. The molecular weight excluding hydrogens is 400 g/mol. The van der Waals surface area contributed by atoms with Crippen LogP contribution in [-0.2, 0) is 9.59 Å². The predicted octanol–water partition coefficient (Wildman–Crippen LogP) is 0.891. The first-order valence-electron chi connectivity index (χ1n) is 8.80. The van der Waals surface area contributed by atoms with Gasteiger partial charge in [-0.05, 0) is 41.9 Å². The summed E-state index contributed by atoms with van der Waals surface area (Å²) in [5, 5.41) is 14.9. The van der Waals surface area contributed by atoms with Gasteiger partial charge in [-0.15, -0.1) is 0 Å².